The number of rotatable bonds is 10. The highest BCUT2D eigenvalue weighted by molar-refractivity contribution is 7.15. The highest BCUT2D eigenvalue weighted by Crippen LogP contribution is 2.46. The molecule has 2 aromatic carbocycles. The number of nitroso groups, excluding NO2 is 1. The van der Waals surface area contributed by atoms with Gasteiger partial charge in [-0.1, -0.05) is 80.6 Å². The minimum absolute atomic E-state index is 0.227. The molecule has 1 N–H and O–H groups in total. The lowest BCUT2D eigenvalue weighted by Gasteiger charge is -2.32. The van der Waals surface area contributed by atoms with E-state index in [9.17, 15) is 14.1 Å². The van der Waals surface area contributed by atoms with Crippen LogP contribution in [-0.4, -0.2) is 16.1 Å². The molecule has 4 aromatic rings. The zero-order valence-electron chi connectivity index (χ0n) is 21.2. The second kappa shape index (κ2) is 11.0. The molecule has 0 aliphatic heterocycles. The van der Waals surface area contributed by atoms with Crippen LogP contribution in [-0.2, 0) is 10.3 Å². The Hall–Kier alpha value is -3.30. The highest BCUT2D eigenvalue weighted by atomic mass is 32.1. The van der Waals surface area contributed by atoms with E-state index in [2.05, 4.69) is 20.7 Å². The number of benzene rings is 2. The van der Waals surface area contributed by atoms with E-state index in [0.717, 1.165) is 20.9 Å². The Kier molecular flexibility index (Phi) is 7.94. The fraction of sp³-hybridized carbons (Fsp3) is 0.321. The van der Waals surface area contributed by atoms with E-state index >= 15 is 0 Å². The fourth-order valence-corrected chi connectivity index (χ4v) is 6.46. The van der Waals surface area contributed by atoms with Crippen LogP contribution in [0.25, 0.3) is 10.4 Å². The fourth-order valence-electron chi connectivity index (χ4n) is 4.69. The van der Waals surface area contributed by atoms with Crippen molar-refractivity contribution in [3.63, 3.8) is 0 Å². The number of carbonyl (C=O) groups excluding carboxylic acids is 1. The van der Waals surface area contributed by atoms with Gasteiger partial charge in [-0.3, -0.25) is 4.79 Å². The van der Waals surface area contributed by atoms with Crippen LogP contribution in [0.15, 0.2) is 71.4 Å². The zero-order chi connectivity index (χ0) is 26.6. The summed E-state index contributed by atoms with van der Waals surface area (Å²) in [5.74, 6) is -0.981. The maximum absolute atomic E-state index is 14.3. The molecule has 6 nitrogen and oxygen atoms in total. The van der Waals surface area contributed by atoms with E-state index < -0.39 is 16.9 Å². The number of halogens is 1. The van der Waals surface area contributed by atoms with Crippen molar-refractivity contribution in [2.75, 3.05) is 5.32 Å². The lowest BCUT2D eigenvalue weighted by atomic mass is 9.73. The summed E-state index contributed by atoms with van der Waals surface area (Å²) in [6, 6.07) is 18.4. The van der Waals surface area contributed by atoms with E-state index in [0.29, 0.717) is 23.5 Å². The molecule has 4 rings (SSSR count). The van der Waals surface area contributed by atoms with E-state index in [4.69, 9.17) is 0 Å². The summed E-state index contributed by atoms with van der Waals surface area (Å²) in [6.07, 6.45) is 1.28. The van der Waals surface area contributed by atoms with Gasteiger partial charge in [0.1, 0.15) is 16.9 Å². The molecule has 0 bridgehead atoms. The summed E-state index contributed by atoms with van der Waals surface area (Å²) in [5.41, 5.74) is 2.53. The van der Waals surface area contributed by atoms with E-state index in [1.54, 1.807) is 22.9 Å². The molecular formula is C28H29FN4O2S2. The third-order valence-electron chi connectivity index (χ3n) is 7.03. The molecule has 0 saturated heterocycles. The molecule has 192 valence electrons. The topological polar surface area (TPSA) is 84.3 Å². The Morgan fingerprint density at radius 3 is 2.41 bits per heavy atom. The number of hydrogen-bond acceptors (Lipinski definition) is 7. The van der Waals surface area contributed by atoms with Crippen LogP contribution in [0.1, 0.15) is 62.5 Å². The van der Waals surface area contributed by atoms with Gasteiger partial charge < -0.3 is 5.32 Å². The first-order chi connectivity index (χ1) is 17.7. The van der Waals surface area contributed by atoms with Crippen molar-refractivity contribution in [3.05, 3.63) is 92.9 Å². The molecule has 37 heavy (non-hydrogen) atoms. The summed E-state index contributed by atoms with van der Waals surface area (Å²) >= 11 is 2.81. The highest BCUT2D eigenvalue weighted by Gasteiger charge is 2.40. The number of amides is 1. The van der Waals surface area contributed by atoms with Crippen molar-refractivity contribution in [2.45, 2.75) is 52.0 Å². The Morgan fingerprint density at radius 1 is 1.08 bits per heavy atom. The Balaban J connectivity index is 1.70. The van der Waals surface area contributed by atoms with Gasteiger partial charge in [0.15, 0.2) is 0 Å². The minimum Gasteiger partial charge on any atom is -0.300 e. The van der Waals surface area contributed by atoms with Crippen LogP contribution in [0.4, 0.5) is 9.52 Å². The van der Waals surface area contributed by atoms with Crippen molar-refractivity contribution in [3.8, 4) is 10.4 Å². The summed E-state index contributed by atoms with van der Waals surface area (Å²) in [4.78, 5) is 27.0. The molecule has 1 amide bonds. The molecular weight excluding hydrogens is 507 g/mol. The van der Waals surface area contributed by atoms with Crippen molar-refractivity contribution in [2.24, 2.45) is 10.6 Å². The third-order valence-corrected chi connectivity index (χ3v) is 8.84. The standard InChI is InChI=1S/C28H29FN4O2S2/c1-5-28(6-2,33-35)20-12-10-18(11-13-20)22-14-15-23(37-22)24(19-8-7-9-21(29)16-19)27(3,4)25(34)31-26-32-30-17-36-26/h7-17,24H,5-6H2,1-4H3,(H,31,32,34). The molecule has 1 unspecified atom stereocenters. The summed E-state index contributed by atoms with van der Waals surface area (Å²) in [7, 11) is 0. The molecule has 1 atom stereocenters. The van der Waals surface area contributed by atoms with Crippen molar-refractivity contribution < 1.29 is 9.18 Å². The Bertz CT molecular complexity index is 1360. The van der Waals surface area contributed by atoms with Gasteiger partial charge in [0.05, 0.1) is 5.41 Å². The predicted molar refractivity (Wildman–Crippen MR) is 148 cm³/mol. The van der Waals surface area contributed by atoms with Gasteiger partial charge in [0.2, 0.25) is 11.0 Å². The molecule has 0 spiro atoms. The molecule has 0 aliphatic rings. The first-order valence-electron chi connectivity index (χ1n) is 12.1. The SMILES string of the molecule is CCC(CC)(N=O)c1ccc(-c2ccc(C(c3cccc(F)c3)C(C)(C)C(=O)Nc3nncs3)s2)cc1. The smallest absolute Gasteiger partial charge is 0.232 e. The molecule has 0 aliphatic carbocycles. The Morgan fingerprint density at radius 2 is 1.81 bits per heavy atom. The number of anilines is 1. The number of carbonyl (C=O) groups is 1. The van der Waals surface area contributed by atoms with E-state index in [1.165, 1.54) is 23.5 Å². The maximum atomic E-state index is 14.3. The second-order valence-electron chi connectivity index (χ2n) is 9.52. The predicted octanol–water partition coefficient (Wildman–Crippen LogP) is 7.98. The number of nitrogens with one attached hydrogen (secondary N) is 1. The summed E-state index contributed by atoms with van der Waals surface area (Å²) < 4.78 is 14.3. The average molecular weight is 537 g/mol. The third kappa shape index (κ3) is 5.38. The van der Waals surface area contributed by atoms with Gasteiger partial charge in [0, 0.05) is 15.7 Å². The summed E-state index contributed by atoms with van der Waals surface area (Å²) in [5, 5.41) is 14.4. The first-order valence-corrected chi connectivity index (χ1v) is 13.8. The zero-order valence-corrected chi connectivity index (χ0v) is 22.8. The van der Waals surface area contributed by atoms with Gasteiger partial charge in [-0.15, -0.1) is 26.4 Å². The van der Waals surface area contributed by atoms with Crippen LogP contribution in [0.2, 0.25) is 0 Å². The normalized spacial score (nSPS) is 12.8. The number of hydrogen-bond donors (Lipinski definition) is 1. The molecule has 0 saturated carbocycles. The Labute approximate surface area is 224 Å². The van der Waals surface area contributed by atoms with Crippen molar-refractivity contribution in [1.82, 2.24) is 10.2 Å². The van der Waals surface area contributed by atoms with Gasteiger partial charge >= 0.3 is 0 Å². The molecule has 2 aromatic heterocycles. The van der Waals surface area contributed by atoms with Gasteiger partial charge in [-0.05, 0) is 53.8 Å². The lowest BCUT2D eigenvalue weighted by molar-refractivity contribution is -0.124. The van der Waals surface area contributed by atoms with Crippen molar-refractivity contribution >= 4 is 33.7 Å². The molecule has 9 heteroatoms. The lowest BCUT2D eigenvalue weighted by Crippen LogP contribution is -2.36. The second-order valence-corrected chi connectivity index (χ2v) is 11.5. The summed E-state index contributed by atoms with van der Waals surface area (Å²) in [6.45, 7) is 7.66. The average Bonchev–Trinajstić information content (AvgIpc) is 3.59. The maximum Gasteiger partial charge on any atom is 0.232 e. The monoisotopic (exact) mass is 536 g/mol. The molecule has 0 fully saturated rings. The minimum atomic E-state index is -0.928. The quantitative estimate of drug-likeness (QED) is 0.208. The molecule has 0 radical (unpaired) electrons. The van der Waals surface area contributed by atoms with Gasteiger partial charge in [-0.2, -0.15) is 0 Å². The first kappa shape index (κ1) is 26.8. The van der Waals surface area contributed by atoms with Crippen LogP contribution >= 0.6 is 22.7 Å². The van der Waals surface area contributed by atoms with Gasteiger partial charge in [0.25, 0.3) is 0 Å². The molecule has 2 heterocycles. The number of aromatic nitrogens is 2. The van der Waals surface area contributed by atoms with E-state index in [1.807, 2.05) is 70.2 Å². The number of thiophene rings is 1. The van der Waals surface area contributed by atoms with Crippen molar-refractivity contribution in [1.29, 1.82) is 0 Å². The van der Waals surface area contributed by atoms with Gasteiger partial charge in [-0.25, -0.2) is 4.39 Å². The van der Waals surface area contributed by atoms with Crippen LogP contribution in [0.5, 0.6) is 0 Å². The van der Waals surface area contributed by atoms with Crippen LogP contribution in [0, 0.1) is 16.1 Å². The number of nitrogens with zero attached hydrogens (tertiary/aromatic N) is 3. The van der Waals surface area contributed by atoms with Crippen LogP contribution in [0.3, 0.4) is 0 Å². The van der Waals surface area contributed by atoms with E-state index in [-0.39, 0.29) is 11.7 Å². The largest absolute Gasteiger partial charge is 0.300 e. The van der Waals surface area contributed by atoms with Crippen LogP contribution < -0.4 is 5.32 Å².